The van der Waals surface area contributed by atoms with E-state index in [9.17, 15) is 0 Å². The maximum Gasteiger partial charge on any atom is 0.0249 e. The minimum absolute atomic E-state index is 0.741. The van der Waals surface area contributed by atoms with Crippen molar-refractivity contribution in [3.8, 4) is 0 Å². The minimum Gasteiger partial charge on any atom is -0.313 e. The molecule has 2 aliphatic carbocycles. The average molecular weight is 224 g/mol. The Morgan fingerprint density at radius 3 is 2.50 bits per heavy atom. The summed E-state index contributed by atoms with van der Waals surface area (Å²) in [5.74, 6) is 0.995. The lowest BCUT2D eigenvalue weighted by atomic mass is 9.88. The molecule has 2 nitrogen and oxygen atoms in total. The topological polar surface area (TPSA) is 15.3 Å². The lowest BCUT2D eigenvalue weighted by Crippen LogP contribution is -2.53. The lowest BCUT2D eigenvalue weighted by molar-refractivity contribution is 0.104. The van der Waals surface area contributed by atoms with Crippen molar-refractivity contribution in [2.24, 2.45) is 5.92 Å². The third kappa shape index (κ3) is 2.78. The molecular weight excluding hydrogens is 196 g/mol. The van der Waals surface area contributed by atoms with E-state index in [0.29, 0.717) is 0 Å². The Bertz CT molecular complexity index is 211. The molecule has 0 radical (unpaired) electrons. The molecule has 0 spiro atoms. The molecule has 2 saturated carbocycles. The maximum absolute atomic E-state index is 3.69. The number of rotatable bonds is 5. The van der Waals surface area contributed by atoms with Crippen molar-refractivity contribution in [2.75, 3.05) is 13.6 Å². The first kappa shape index (κ1) is 12.4. The summed E-state index contributed by atoms with van der Waals surface area (Å²) >= 11 is 0. The van der Waals surface area contributed by atoms with E-state index < -0.39 is 0 Å². The van der Waals surface area contributed by atoms with Crippen LogP contribution in [0.5, 0.6) is 0 Å². The summed E-state index contributed by atoms with van der Waals surface area (Å²) in [6, 6.07) is 2.32. The molecule has 3 unspecified atom stereocenters. The van der Waals surface area contributed by atoms with Gasteiger partial charge < -0.3 is 5.32 Å². The van der Waals surface area contributed by atoms with E-state index >= 15 is 0 Å². The number of hydrogen-bond donors (Lipinski definition) is 1. The summed E-state index contributed by atoms with van der Waals surface area (Å²) in [4.78, 5) is 2.67. The van der Waals surface area contributed by atoms with E-state index in [4.69, 9.17) is 0 Å². The van der Waals surface area contributed by atoms with E-state index in [1.807, 2.05) is 0 Å². The largest absolute Gasteiger partial charge is 0.313 e. The van der Waals surface area contributed by atoms with Crippen LogP contribution in [-0.2, 0) is 0 Å². The summed E-state index contributed by atoms with van der Waals surface area (Å²) < 4.78 is 0. The van der Waals surface area contributed by atoms with Crippen LogP contribution < -0.4 is 5.32 Å². The quantitative estimate of drug-likeness (QED) is 0.772. The van der Waals surface area contributed by atoms with Gasteiger partial charge in [-0.25, -0.2) is 0 Å². The zero-order valence-electron chi connectivity index (χ0n) is 11.2. The highest BCUT2D eigenvalue weighted by Crippen LogP contribution is 2.36. The van der Waals surface area contributed by atoms with Crippen molar-refractivity contribution in [1.29, 1.82) is 0 Å². The van der Waals surface area contributed by atoms with Gasteiger partial charge in [-0.3, -0.25) is 4.90 Å². The second kappa shape index (κ2) is 5.50. The van der Waals surface area contributed by atoms with Crippen molar-refractivity contribution in [2.45, 2.75) is 70.5 Å². The van der Waals surface area contributed by atoms with Gasteiger partial charge in [-0.05, 0) is 52.1 Å². The minimum atomic E-state index is 0.741. The van der Waals surface area contributed by atoms with Gasteiger partial charge in [0.15, 0.2) is 0 Å². The molecular formula is C14H28N2. The molecule has 0 aromatic rings. The predicted octanol–water partition coefficient (Wildman–Crippen LogP) is 2.64. The first-order valence-electron chi connectivity index (χ1n) is 7.19. The Morgan fingerprint density at radius 1 is 1.19 bits per heavy atom. The van der Waals surface area contributed by atoms with Gasteiger partial charge in [-0.2, -0.15) is 0 Å². The van der Waals surface area contributed by atoms with Crippen LogP contribution in [-0.4, -0.2) is 36.6 Å². The van der Waals surface area contributed by atoms with Crippen LogP contribution in [0.1, 0.15) is 52.4 Å². The molecule has 0 heterocycles. The SMILES string of the molecule is CCNC1CCCCC1N(C)C(C)C1CC1. The third-order valence-corrected chi connectivity index (χ3v) is 4.67. The van der Waals surface area contributed by atoms with E-state index in [2.05, 4.69) is 31.1 Å². The zero-order chi connectivity index (χ0) is 11.5. The molecule has 94 valence electrons. The molecule has 0 aromatic carbocycles. The first-order valence-corrected chi connectivity index (χ1v) is 7.19. The number of nitrogens with one attached hydrogen (secondary N) is 1. The van der Waals surface area contributed by atoms with Crippen molar-refractivity contribution < 1.29 is 0 Å². The Hall–Kier alpha value is -0.0800. The molecule has 1 N–H and O–H groups in total. The zero-order valence-corrected chi connectivity index (χ0v) is 11.2. The highest BCUT2D eigenvalue weighted by molar-refractivity contribution is 4.92. The number of nitrogens with zero attached hydrogens (tertiary/aromatic N) is 1. The van der Waals surface area contributed by atoms with Crippen LogP contribution in [0.25, 0.3) is 0 Å². The molecule has 16 heavy (non-hydrogen) atoms. The molecule has 0 aromatic heterocycles. The fraction of sp³-hybridized carbons (Fsp3) is 1.00. The fourth-order valence-corrected chi connectivity index (χ4v) is 3.31. The smallest absolute Gasteiger partial charge is 0.0249 e. The van der Waals surface area contributed by atoms with E-state index in [1.54, 1.807) is 0 Å². The standard InChI is InChI=1S/C14H28N2/c1-4-15-13-7-5-6-8-14(13)16(3)11(2)12-9-10-12/h11-15H,4-10H2,1-3H3. The Labute approximate surface area is 101 Å². The summed E-state index contributed by atoms with van der Waals surface area (Å²) in [5.41, 5.74) is 0. The van der Waals surface area contributed by atoms with Gasteiger partial charge in [0.1, 0.15) is 0 Å². The third-order valence-electron chi connectivity index (χ3n) is 4.67. The molecule has 2 rings (SSSR count). The lowest BCUT2D eigenvalue weighted by Gasteiger charge is -2.41. The predicted molar refractivity (Wildman–Crippen MR) is 69.7 cm³/mol. The molecule has 2 heteroatoms. The van der Waals surface area contributed by atoms with Gasteiger partial charge in [0, 0.05) is 18.1 Å². The average Bonchev–Trinajstić information content (AvgIpc) is 3.12. The molecule has 0 saturated heterocycles. The van der Waals surface area contributed by atoms with Gasteiger partial charge in [-0.15, -0.1) is 0 Å². The molecule has 3 atom stereocenters. The van der Waals surface area contributed by atoms with Gasteiger partial charge in [0.05, 0.1) is 0 Å². The Morgan fingerprint density at radius 2 is 1.88 bits per heavy atom. The van der Waals surface area contributed by atoms with Gasteiger partial charge >= 0.3 is 0 Å². The molecule has 2 fully saturated rings. The summed E-state index contributed by atoms with van der Waals surface area (Å²) in [6.07, 6.45) is 8.54. The molecule has 2 aliphatic rings. The monoisotopic (exact) mass is 224 g/mol. The fourth-order valence-electron chi connectivity index (χ4n) is 3.31. The summed E-state index contributed by atoms with van der Waals surface area (Å²) in [5, 5.41) is 3.69. The van der Waals surface area contributed by atoms with Crippen molar-refractivity contribution in [3.05, 3.63) is 0 Å². The highest BCUT2D eigenvalue weighted by atomic mass is 15.2. The van der Waals surface area contributed by atoms with Crippen LogP contribution in [0, 0.1) is 5.92 Å². The normalized spacial score (nSPS) is 33.0. The van der Waals surface area contributed by atoms with E-state index in [1.165, 1.54) is 38.5 Å². The van der Waals surface area contributed by atoms with Gasteiger partial charge in [0.25, 0.3) is 0 Å². The van der Waals surface area contributed by atoms with Crippen LogP contribution >= 0.6 is 0 Å². The summed E-state index contributed by atoms with van der Waals surface area (Å²) in [7, 11) is 2.35. The van der Waals surface area contributed by atoms with Crippen molar-refractivity contribution >= 4 is 0 Å². The molecule has 0 aliphatic heterocycles. The van der Waals surface area contributed by atoms with E-state index in [-0.39, 0.29) is 0 Å². The number of likely N-dealkylation sites (N-methyl/N-ethyl adjacent to an activating group) is 2. The first-order chi connectivity index (χ1) is 7.74. The highest BCUT2D eigenvalue weighted by Gasteiger charge is 2.36. The maximum atomic E-state index is 3.69. The Balaban J connectivity index is 1.92. The van der Waals surface area contributed by atoms with Crippen molar-refractivity contribution in [3.63, 3.8) is 0 Å². The van der Waals surface area contributed by atoms with Crippen molar-refractivity contribution in [1.82, 2.24) is 10.2 Å². The second-order valence-corrected chi connectivity index (χ2v) is 5.76. The van der Waals surface area contributed by atoms with Crippen LogP contribution in [0.4, 0.5) is 0 Å². The van der Waals surface area contributed by atoms with E-state index in [0.717, 1.165) is 30.6 Å². The van der Waals surface area contributed by atoms with Crippen LogP contribution in [0.2, 0.25) is 0 Å². The molecule has 0 bridgehead atoms. The van der Waals surface area contributed by atoms with Crippen LogP contribution in [0.3, 0.4) is 0 Å². The van der Waals surface area contributed by atoms with Gasteiger partial charge in [0.2, 0.25) is 0 Å². The number of hydrogen-bond acceptors (Lipinski definition) is 2. The Kier molecular flexibility index (Phi) is 4.26. The second-order valence-electron chi connectivity index (χ2n) is 5.76. The van der Waals surface area contributed by atoms with Crippen LogP contribution in [0.15, 0.2) is 0 Å². The molecule has 0 amide bonds. The summed E-state index contributed by atoms with van der Waals surface area (Å²) in [6.45, 7) is 5.78. The van der Waals surface area contributed by atoms with Gasteiger partial charge in [-0.1, -0.05) is 19.8 Å².